The minimum Gasteiger partial charge on any atom is -0.459 e. The topological polar surface area (TPSA) is 26.3 Å². The summed E-state index contributed by atoms with van der Waals surface area (Å²) in [6.45, 7) is 10.1. The van der Waals surface area contributed by atoms with Gasteiger partial charge in [0.1, 0.15) is 6.10 Å². The maximum Gasteiger partial charge on any atom is 0.303 e. The van der Waals surface area contributed by atoms with Gasteiger partial charge in [0.05, 0.1) is 0 Å². The van der Waals surface area contributed by atoms with E-state index in [-0.39, 0.29) is 17.5 Å². The zero-order chi connectivity index (χ0) is 13.1. The third-order valence-electron chi connectivity index (χ3n) is 3.43. The highest BCUT2D eigenvalue weighted by atomic mass is 16.5. The van der Waals surface area contributed by atoms with Crippen molar-refractivity contribution in [3.8, 4) is 0 Å². The van der Waals surface area contributed by atoms with E-state index in [9.17, 15) is 4.79 Å². The van der Waals surface area contributed by atoms with E-state index in [0.29, 0.717) is 0 Å². The fraction of sp³-hybridized carbons (Fsp3) is 0.667. The summed E-state index contributed by atoms with van der Waals surface area (Å²) >= 11 is 0. The van der Waals surface area contributed by atoms with E-state index >= 15 is 0 Å². The summed E-state index contributed by atoms with van der Waals surface area (Å²) < 4.78 is 5.10. The van der Waals surface area contributed by atoms with E-state index in [1.807, 2.05) is 13.0 Å². The van der Waals surface area contributed by atoms with Gasteiger partial charge in [-0.2, -0.15) is 0 Å². The molecule has 1 atom stereocenters. The Kier molecular flexibility index (Phi) is 4.55. The summed E-state index contributed by atoms with van der Waals surface area (Å²) in [5.74, 6) is -0.226. The van der Waals surface area contributed by atoms with Crippen LogP contribution in [0.15, 0.2) is 23.3 Å². The minimum absolute atomic E-state index is 0.148. The minimum atomic E-state index is -0.226. The van der Waals surface area contributed by atoms with Gasteiger partial charge in [-0.25, -0.2) is 0 Å². The van der Waals surface area contributed by atoms with Crippen LogP contribution in [-0.2, 0) is 9.53 Å². The zero-order valence-corrected chi connectivity index (χ0v) is 11.7. The van der Waals surface area contributed by atoms with Crippen LogP contribution in [0, 0.1) is 5.41 Å². The van der Waals surface area contributed by atoms with Crippen LogP contribution in [0.4, 0.5) is 0 Å². The van der Waals surface area contributed by atoms with Crippen LogP contribution in [0.5, 0.6) is 0 Å². The molecule has 0 radical (unpaired) electrons. The molecule has 96 valence electrons. The highest BCUT2D eigenvalue weighted by Gasteiger charge is 2.26. The summed E-state index contributed by atoms with van der Waals surface area (Å²) in [5, 5.41) is 0. The van der Waals surface area contributed by atoms with Gasteiger partial charge in [-0.05, 0) is 50.2 Å². The highest BCUT2D eigenvalue weighted by molar-refractivity contribution is 5.66. The molecule has 0 aromatic heterocycles. The second-order valence-electron chi connectivity index (χ2n) is 5.61. The van der Waals surface area contributed by atoms with E-state index in [2.05, 4.69) is 26.8 Å². The van der Waals surface area contributed by atoms with Crippen LogP contribution < -0.4 is 0 Å². The first kappa shape index (κ1) is 14.0. The maximum atomic E-state index is 10.8. The van der Waals surface area contributed by atoms with E-state index in [0.717, 1.165) is 0 Å². The van der Waals surface area contributed by atoms with Crippen molar-refractivity contribution < 1.29 is 9.53 Å². The molecule has 0 aliphatic heterocycles. The molecule has 1 rings (SSSR count). The lowest BCUT2D eigenvalue weighted by atomic mass is 9.72. The average molecular weight is 236 g/mol. The predicted molar refractivity (Wildman–Crippen MR) is 70.7 cm³/mol. The van der Waals surface area contributed by atoms with Gasteiger partial charge >= 0.3 is 5.97 Å². The van der Waals surface area contributed by atoms with Crippen molar-refractivity contribution in [2.75, 3.05) is 0 Å². The molecule has 0 N–H and O–H groups in total. The van der Waals surface area contributed by atoms with Crippen LogP contribution >= 0.6 is 0 Å². The largest absolute Gasteiger partial charge is 0.459 e. The third-order valence-corrected chi connectivity index (χ3v) is 3.43. The van der Waals surface area contributed by atoms with Crippen molar-refractivity contribution in [1.29, 1.82) is 0 Å². The molecular formula is C15H24O2. The molecule has 2 nitrogen and oxygen atoms in total. The van der Waals surface area contributed by atoms with Gasteiger partial charge in [0, 0.05) is 6.92 Å². The monoisotopic (exact) mass is 236 g/mol. The number of carbonyl (C=O) groups is 1. The summed E-state index contributed by atoms with van der Waals surface area (Å²) in [4.78, 5) is 10.8. The molecule has 0 saturated carbocycles. The van der Waals surface area contributed by atoms with Gasteiger partial charge in [0.2, 0.25) is 0 Å². The number of ether oxygens (including phenoxy) is 1. The van der Waals surface area contributed by atoms with Crippen LogP contribution in [0.2, 0.25) is 0 Å². The second kappa shape index (κ2) is 5.52. The molecule has 0 bridgehead atoms. The lowest BCUT2D eigenvalue weighted by molar-refractivity contribution is -0.143. The summed E-state index contributed by atoms with van der Waals surface area (Å²) in [6.07, 6.45) is 7.66. The van der Waals surface area contributed by atoms with Gasteiger partial charge in [-0.3, -0.25) is 4.79 Å². The number of hydrogen-bond acceptors (Lipinski definition) is 2. The molecule has 2 heteroatoms. The Hall–Kier alpha value is -1.05. The van der Waals surface area contributed by atoms with Gasteiger partial charge in [0.15, 0.2) is 0 Å². The predicted octanol–water partition coefficient (Wildman–Crippen LogP) is 4.02. The highest BCUT2D eigenvalue weighted by Crippen LogP contribution is 2.40. The lowest BCUT2D eigenvalue weighted by Crippen LogP contribution is -2.19. The van der Waals surface area contributed by atoms with Crippen LogP contribution in [0.1, 0.15) is 53.9 Å². The SMILES string of the molecule is CC(=O)O[C@@H](C)/C=C/C1=C(C)CCCC1(C)C. The number of hydrogen-bond donors (Lipinski definition) is 0. The Balaban J connectivity index is 2.78. The van der Waals surface area contributed by atoms with Crippen molar-refractivity contribution in [1.82, 2.24) is 0 Å². The Morgan fingerprint density at radius 2 is 2.12 bits per heavy atom. The van der Waals surface area contributed by atoms with Gasteiger partial charge in [0.25, 0.3) is 0 Å². The molecule has 0 amide bonds. The second-order valence-corrected chi connectivity index (χ2v) is 5.61. The van der Waals surface area contributed by atoms with Crippen molar-refractivity contribution in [3.05, 3.63) is 23.3 Å². The van der Waals surface area contributed by atoms with E-state index < -0.39 is 0 Å². The number of esters is 1. The molecule has 0 heterocycles. The first-order chi connectivity index (χ1) is 7.83. The normalized spacial score (nSPS) is 21.7. The zero-order valence-electron chi connectivity index (χ0n) is 11.7. The van der Waals surface area contributed by atoms with Gasteiger partial charge in [-0.1, -0.05) is 25.5 Å². The molecule has 1 aliphatic rings. The van der Waals surface area contributed by atoms with Crippen molar-refractivity contribution >= 4 is 5.97 Å². The molecule has 17 heavy (non-hydrogen) atoms. The first-order valence-corrected chi connectivity index (χ1v) is 6.38. The number of rotatable bonds is 3. The number of allylic oxidation sites excluding steroid dienone is 3. The molecule has 0 fully saturated rings. The standard InChI is InChI=1S/C15H24O2/c1-11-7-6-10-15(4,5)14(11)9-8-12(2)17-13(3)16/h8-9,12H,6-7,10H2,1-5H3/b9-8+/t12-/m0/s1. The third kappa shape index (κ3) is 4.03. The molecule has 1 aliphatic carbocycles. The fourth-order valence-electron chi connectivity index (χ4n) is 2.54. The Morgan fingerprint density at radius 1 is 1.47 bits per heavy atom. The Morgan fingerprint density at radius 3 is 2.65 bits per heavy atom. The van der Waals surface area contributed by atoms with Crippen molar-refractivity contribution in [3.63, 3.8) is 0 Å². The maximum absolute atomic E-state index is 10.8. The van der Waals surface area contributed by atoms with Crippen LogP contribution in [0.3, 0.4) is 0 Å². The van der Waals surface area contributed by atoms with Crippen LogP contribution in [-0.4, -0.2) is 12.1 Å². The van der Waals surface area contributed by atoms with Gasteiger partial charge in [-0.15, -0.1) is 0 Å². The Labute approximate surface area is 105 Å². The van der Waals surface area contributed by atoms with E-state index in [1.165, 1.54) is 37.3 Å². The van der Waals surface area contributed by atoms with Crippen LogP contribution in [0.25, 0.3) is 0 Å². The van der Waals surface area contributed by atoms with Crippen molar-refractivity contribution in [2.24, 2.45) is 5.41 Å². The lowest BCUT2D eigenvalue weighted by Gasteiger charge is -2.33. The first-order valence-electron chi connectivity index (χ1n) is 6.38. The average Bonchev–Trinajstić information content (AvgIpc) is 2.14. The molecule has 0 aromatic rings. The summed E-state index contributed by atoms with van der Waals surface area (Å²) in [7, 11) is 0. The van der Waals surface area contributed by atoms with E-state index in [4.69, 9.17) is 4.74 Å². The quantitative estimate of drug-likeness (QED) is 0.692. The molecule has 0 spiro atoms. The molecule has 0 unspecified atom stereocenters. The van der Waals surface area contributed by atoms with Gasteiger partial charge < -0.3 is 4.74 Å². The fourth-order valence-corrected chi connectivity index (χ4v) is 2.54. The Bertz CT molecular complexity index is 348. The smallest absolute Gasteiger partial charge is 0.303 e. The molecule has 0 saturated heterocycles. The molecular weight excluding hydrogens is 212 g/mol. The van der Waals surface area contributed by atoms with Crippen molar-refractivity contribution in [2.45, 2.75) is 60.0 Å². The number of carbonyl (C=O) groups excluding carboxylic acids is 1. The summed E-state index contributed by atoms with van der Waals surface area (Å²) in [5.41, 5.74) is 3.12. The van der Waals surface area contributed by atoms with E-state index in [1.54, 1.807) is 0 Å². The summed E-state index contributed by atoms with van der Waals surface area (Å²) in [6, 6.07) is 0. The molecule has 0 aromatic carbocycles.